The third kappa shape index (κ3) is 2.97. The topological polar surface area (TPSA) is 65.9 Å². The van der Waals surface area contributed by atoms with Crippen molar-refractivity contribution in [1.29, 1.82) is 5.26 Å². The van der Waals surface area contributed by atoms with E-state index in [0.29, 0.717) is 23.6 Å². The Kier molecular flexibility index (Phi) is 4.50. The lowest BCUT2D eigenvalue weighted by atomic mass is 10.0. The monoisotopic (exact) mass is 336 g/mol. The molecule has 2 heterocycles. The normalized spacial score (nSPS) is 10.4. The Hall–Kier alpha value is -2.84. The second-order valence-corrected chi connectivity index (χ2v) is 6.54. The number of aryl methyl sites for hydroxylation is 1. The van der Waals surface area contributed by atoms with Gasteiger partial charge in [0, 0.05) is 20.9 Å². The lowest BCUT2D eigenvalue weighted by molar-refractivity contribution is 0.341. The minimum absolute atomic E-state index is 0.134. The Morgan fingerprint density at radius 3 is 2.67 bits per heavy atom. The lowest BCUT2D eigenvalue weighted by Crippen LogP contribution is -2.12. The minimum Gasteiger partial charge on any atom is -0.493 e. The average Bonchev–Trinajstić information content (AvgIpc) is 3.01. The minimum atomic E-state index is -0.387. The van der Waals surface area contributed by atoms with E-state index in [9.17, 15) is 10.1 Å². The Labute approximate surface area is 144 Å². The van der Waals surface area contributed by atoms with Crippen LogP contribution in [-0.2, 0) is 0 Å². The van der Waals surface area contributed by atoms with Crippen molar-refractivity contribution in [2.45, 2.75) is 13.8 Å². The van der Waals surface area contributed by atoms with E-state index >= 15 is 0 Å². The molecule has 0 aliphatic carbocycles. The number of ether oxygens (including phenoxy) is 1. The van der Waals surface area contributed by atoms with Crippen LogP contribution in [0.25, 0.3) is 21.7 Å². The molecule has 0 aliphatic rings. The lowest BCUT2D eigenvalue weighted by Gasteiger charge is -2.11. The highest BCUT2D eigenvalue weighted by Gasteiger charge is 2.15. The van der Waals surface area contributed by atoms with Gasteiger partial charge in [0.05, 0.1) is 12.3 Å². The summed E-state index contributed by atoms with van der Waals surface area (Å²) < 4.78 is 5.65. The van der Waals surface area contributed by atoms with Gasteiger partial charge in [-0.2, -0.15) is 5.26 Å². The van der Waals surface area contributed by atoms with E-state index in [2.05, 4.69) is 4.98 Å². The standard InChI is InChI=1S/C19H16N2O2S/c1-3-23-17-7-5-4-6-13(17)16-10-14(15(11-20)19(22)21-16)18-9-8-12(2)24-18/h4-10H,3H2,1-2H3,(H,21,22). The summed E-state index contributed by atoms with van der Waals surface area (Å²) in [6.45, 7) is 4.45. The summed E-state index contributed by atoms with van der Waals surface area (Å²) in [6, 6.07) is 15.3. The van der Waals surface area contributed by atoms with Gasteiger partial charge < -0.3 is 9.72 Å². The van der Waals surface area contributed by atoms with Gasteiger partial charge in [0.15, 0.2) is 0 Å². The number of nitrogens with one attached hydrogen (secondary N) is 1. The molecule has 0 aliphatic heterocycles. The number of thiophene rings is 1. The Morgan fingerprint density at radius 2 is 2.00 bits per heavy atom. The highest BCUT2D eigenvalue weighted by molar-refractivity contribution is 7.15. The fraction of sp³-hybridized carbons (Fsp3) is 0.158. The van der Waals surface area contributed by atoms with Crippen LogP contribution in [0.1, 0.15) is 17.4 Å². The molecule has 3 rings (SSSR count). The first kappa shape index (κ1) is 16.0. The molecule has 3 aromatic rings. The molecule has 0 amide bonds. The molecule has 0 saturated heterocycles. The molecular weight excluding hydrogens is 320 g/mol. The highest BCUT2D eigenvalue weighted by Crippen LogP contribution is 2.34. The molecule has 0 bridgehead atoms. The number of pyridine rings is 1. The maximum Gasteiger partial charge on any atom is 0.267 e. The molecule has 120 valence electrons. The van der Waals surface area contributed by atoms with Gasteiger partial charge in [0.25, 0.3) is 5.56 Å². The van der Waals surface area contributed by atoms with Crippen LogP contribution in [0.15, 0.2) is 47.3 Å². The van der Waals surface area contributed by atoms with E-state index < -0.39 is 0 Å². The molecule has 0 atom stereocenters. The highest BCUT2D eigenvalue weighted by atomic mass is 32.1. The largest absolute Gasteiger partial charge is 0.493 e. The molecule has 1 aromatic carbocycles. The second kappa shape index (κ2) is 6.73. The Bertz CT molecular complexity index is 980. The molecule has 1 N–H and O–H groups in total. The van der Waals surface area contributed by atoms with Crippen molar-refractivity contribution in [3.63, 3.8) is 0 Å². The van der Waals surface area contributed by atoms with Crippen molar-refractivity contribution in [3.8, 4) is 33.5 Å². The van der Waals surface area contributed by atoms with E-state index in [1.54, 1.807) is 11.3 Å². The van der Waals surface area contributed by atoms with E-state index in [4.69, 9.17) is 4.74 Å². The molecule has 2 aromatic heterocycles. The second-order valence-electron chi connectivity index (χ2n) is 5.25. The summed E-state index contributed by atoms with van der Waals surface area (Å²) in [5.74, 6) is 0.702. The molecule has 0 fully saturated rings. The summed E-state index contributed by atoms with van der Waals surface area (Å²) in [4.78, 5) is 17.2. The van der Waals surface area contributed by atoms with E-state index in [-0.39, 0.29) is 11.1 Å². The summed E-state index contributed by atoms with van der Waals surface area (Å²) in [6.07, 6.45) is 0. The predicted molar refractivity (Wildman–Crippen MR) is 96.4 cm³/mol. The van der Waals surface area contributed by atoms with Gasteiger partial charge in [0.2, 0.25) is 0 Å². The summed E-state index contributed by atoms with van der Waals surface area (Å²) in [7, 11) is 0. The Balaban J connectivity index is 2.24. The summed E-state index contributed by atoms with van der Waals surface area (Å²) in [5.41, 5.74) is 1.84. The third-order valence-corrected chi connectivity index (χ3v) is 4.66. The zero-order valence-corrected chi connectivity index (χ0v) is 14.2. The van der Waals surface area contributed by atoms with E-state index in [0.717, 1.165) is 15.3 Å². The number of nitrogens with zero attached hydrogens (tertiary/aromatic N) is 1. The zero-order valence-electron chi connectivity index (χ0n) is 13.4. The smallest absolute Gasteiger partial charge is 0.267 e. The van der Waals surface area contributed by atoms with Crippen molar-refractivity contribution in [2.24, 2.45) is 0 Å². The number of hydrogen-bond acceptors (Lipinski definition) is 4. The molecule has 5 heteroatoms. The van der Waals surface area contributed by atoms with Crippen molar-refractivity contribution in [3.05, 3.63) is 63.3 Å². The molecule has 24 heavy (non-hydrogen) atoms. The first-order chi connectivity index (χ1) is 11.6. The number of aromatic amines is 1. The number of benzene rings is 1. The van der Waals surface area contributed by atoms with Gasteiger partial charge in [-0.1, -0.05) is 12.1 Å². The van der Waals surface area contributed by atoms with Crippen molar-refractivity contribution < 1.29 is 4.74 Å². The number of aromatic nitrogens is 1. The molecule has 0 unspecified atom stereocenters. The van der Waals surface area contributed by atoms with Crippen LogP contribution in [0, 0.1) is 18.3 Å². The maximum atomic E-state index is 12.4. The van der Waals surface area contributed by atoms with Crippen molar-refractivity contribution >= 4 is 11.3 Å². The van der Waals surface area contributed by atoms with Crippen LogP contribution in [0.2, 0.25) is 0 Å². The number of hydrogen-bond donors (Lipinski definition) is 1. The molecular formula is C19H16N2O2S. The van der Waals surface area contributed by atoms with Gasteiger partial charge in [-0.05, 0) is 44.2 Å². The average molecular weight is 336 g/mol. The zero-order chi connectivity index (χ0) is 17.1. The fourth-order valence-corrected chi connectivity index (χ4v) is 3.45. The Morgan fingerprint density at radius 1 is 1.21 bits per heavy atom. The first-order valence-electron chi connectivity index (χ1n) is 7.60. The fourth-order valence-electron chi connectivity index (χ4n) is 2.56. The van der Waals surface area contributed by atoms with Gasteiger partial charge in [-0.3, -0.25) is 4.79 Å². The summed E-state index contributed by atoms with van der Waals surface area (Å²) in [5, 5.41) is 9.38. The van der Waals surface area contributed by atoms with Crippen molar-refractivity contribution in [2.75, 3.05) is 6.61 Å². The number of rotatable bonds is 4. The van der Waals surface area contributed by atoms with Gasteiger partial charge >= 0.3 is 0 Å². The summed E-state index contributed by atoms with van der Waals surface area (Å²) >= 11 is 1.56. The van der Waals surface area contributed by atoms with Crippen LogP contribution in [-0.4, -0.2) is 11.6 Å². The van der Waals surface area contributed by atoms with Crippen LogP contribution < -0.4 is 10.3 Å². The SMILES string of the molecule is CCOc1ccccc1-c1cc(-c2ccc(C)s2)c(C#N)c(=O)[nH]1. The van der Waals surface area contributed by atoms with Gasteiger partial charge in [0.1, 0.15) is 17.4 Å². The molecule has 0 saturated carbocycles. The maximum absolute atomic E-state index is 12.4. The quantitative estimate of drug-likeness (QED) is 0.770. The predicted octanol–water partition coefficient (Wildman–Crippen LogP) is 4.35. The molecule has 4 nitrogen and oxygen atoms in total. The van der Waals surface area contributed by atoms with Crippen LogP contribution in [0.4, 0.5) is 0 Å². The van der Waals surface area contributed by atoms with Crippen LogP contribution in [0.3, 0.4) is 0 Å². The number of para-hydroxylation sites is 1. The van der Waals surface area contributed by atoms with Crippen molar-refractivity contribution in [1.82, 2.24) is 4.98 Å². The molecule has 0 radical (unpaired) electrons. The van der Waals surface area contributed by atoms with Crippen LogP contribution in [0.5, 0.6) is 5.75 Å². The number of H-pyrrole nitrogens is 1. The van der Waals surface area contributed by atoms with E-state index in [1.165, 1.54) is 0 Å². The van der Waals surface area contributed by atoms with Gasteiger partial charge in [-0.15, -0.1) is 11.3 Å². The van der Waals surface area contributed by atoms with Crippen LogP contribution >= 0.6 is 11.3 Å². The van der Waals surface area contributed by atoms with E-state index in [1.807, 2.05) is 62.4 Å². The third-order valence-electron chi connectivity index (χ3n) is 3.63. The number of nitriles is 1. The van der Waals surface area contributed by atoms with Gasteiger partial charge in [-0.25, -0.2) is 0 Å². The first-order valence-corrected chi connectivity index (χ1v) is 8.42. The molecule has 0 spiro atoms.